The summed E-state index contributed by atoms with van der Waals surface area (Å²) >= 11 is 0. The number of likely N-dealkylation sites (N-methyl/N-ethyl adjacent to an activating group) is 1. The van der Waals surface area contributed by atoms with E-state index < -0.39 is 11.7 Å². The van der Waals surface area contributed by atoms with Crippen molar-refractivity contribution in [2.45, 2.75) is 66.2 Å². The summed E-state index contributed by atoms with van der Waals surface area (Å²) in [4.78, 5) is 28.9. The minimum absolute atomic E-state index is 0.0218. The first-order valence-corrected chi connectivity index (χ1v) is 11.9. The van der Waals surface area contributed by atoms with Crippen molar-refractivity contribution in [3.8, 4) is 0 Å². The van der Waals surface area contributed by atoms with Gasteiger partial charge in [0.1, 0.15) is 0 Å². The molecule has 0 spiro atoms. The minimum Gasteiger partial charge on any atom is -0.345 e. The maximum Gasteiger partial charge on any atom is 0.416 e. The molecule has 8 heteroatoms. The standard InChI is InChI=1S/C26H36F3N3O2/c1-5-7-8-14-32(24(33)19-30(6-2)25(34)20(3)4)18-23-13-10-15-31(23)17-21-11-9-12-22(16-21)26(27,28)29/h9-13,15-16,20H,5-8,14,17-19H2,1-4H3. The van der Waals surface area contributed by atoms with Crippen molar-refractivity contribution in [1.82, 2.24) is 14.4 Å². The predicted molar refractivity (Wildman–Crippen MR) is 127 cm³/mol. The van der Waals surface area contributed by atoms with Crippen molar-refractivity contribution >= 4 is 11.8 Å². The van der Waals surface area contributed by atoms with Crippen LogP contribution < -0.4 is 0 Å². The number of aromatic nitrogens is 1. The van der Waals surface area contributed by atoms with Crippen LogP contribution in [0.5, 0.6) is 0 Å². The van der Waals surface area contributed by atoms with E-state index in [4.69, 9.17) is 0 Å². The summed E-state index contributed by atoms with van der Waals surface area (Å²) in [5.74, 6) is -0.373. The average molecular weight is 480 g/mol. The monoisotopic (exact) mass is 479 g/mol. The molecule has 0 radical (unpaired) electrons. The molecule has 188 valence electrons. The number of hydrogen-bond donors (Lipinski definition) is 0. The van der Waals surface area contributed by atoms with E-state index in [1.165, 1.54) is 6.07 Å². The van der Waals surface area contributed by atoms with Gasteiger partial charge >= 0.3 is 6.18 Å². The number of benzene rings is 1. The summed E-state index contributed by atoms with van der Waals surface area (Å²) in [5.41, 5.74) is 0.695. The maximum atomic E-state index is 13.2. The summed E-state index contributed by atoms with van der Waals surface area (Å²) < 4.78 is 41.2. The van der Waals surface area contributed by atoms with E-state index in [2.05, 4.69) is 6.92 Å². The van der Waals surface area contributed by atoms with E-state index in [0.717, 1.165) is 37.1 Å². The summed E-state index contributed by atoms with van der Waals surface area (Å²) in [6, 6.07) is 9.01. The Hall–Kier alpha value is -2.77. The molecule has 1 aromatic carbocycles. The number of carbonyl (C=O) groups excluding carboxylic acids is 2. The molecule has 2 amide bonds. The van der Waals surface area contributed by atoms with Crippen LogP contribution in [-0.4, -0.2) is 45.8 Å². The Kier molecular flexibility index (Phi) is 10.2. The van der Waals surface area contributed by atoms with Gasteiger partial charge in [0.15, 0.2) is 0 Å². The molecule has 0 aliphatic rings. The molecule has 1 aromatic heterocycles. The van der Waals surface area contributed by atoms with Gasteiger partial charge in [-0.2, -0.15) is 13.2 Å². The Morgan fingerprint density at radius 1 is 1.03 bits per heavy atom. The Labute approximate surface area is 200 Å². The van der Waals surface area contributed by atoms with E-state index in [-0.39, 0.29) is 30.8 Å². The van der Waals surface area contributed by atoms with Crippen molar-refractivity contribution in [3.63, 3.8) is 0 Å². The van der Waals surface area contributed by atoms with Crippen molar-refractivity contribution in [2.24, 2.45) is 5.92 Å². The summed E-state index contributed by atoms with van der Waals surface area (Å²) in [6.45, 7) is 9.23. The predicted octanol–water partition coefficient (Wildman–Crippen LogP) is 5.58. The average Bonchev–Trinajstić information content (AvgIpc) is 3.22. The number of amides is 2. The lowest BCUT2D eigenvalue weighted by Crippen LogP contribution is -2.44. The fourth-order valence-electron chi connectivity index (χ4n) is 3.80. The van der Waals surface area contributed by atoms with E-state index in [1.807, 2.05) is 43.7 Å². The third-order valence-electron chi connectivity index (χ3n) is 5.78. The second kappa shape index (κ2) is 12.6. The van der Waals surface area contributed by atoms with Crippen molar-refractivity contribution in [3.05, 3.63) is 59.4 Å². The highest BCUT2D eigenvalue weighted by molar-refractivity contribution is 5.85. The molecule has 2 aromatic rings. The number of alkyl halides is 3. The Balaban J connectivity index is 2.19. The van der Waals surface area contributed by atoms with Crippen LogP contribution in [-0.2, 0) is 28.9 Å². The number of nitrogens with zero attached hydrogens (tertiary/aromatic N) is 3. The van der Waals surface area contributed by atoms with Gasteiger partial charge < -0.3 is 14.4 Å². The third kappa shape index (κ3) is 7.92. The van der Waals surface area contributed by atoms with Gasteiger partial charge in [-0.3, -0.25) is 9.59 Å². The zero-order chi connectivity index (χ0) is 25.3. The smallest absolute Gasteiger partial charge is 0.345 e. The molecular weight excluding hydrogens is 443 g/mol. The van der Waals surface area contributed by atoms with Crippen LogP contribution in [0.4, 0.5) is 13.2 Å². The molecule has 0 bridgehead atoms. The van der Waals surface area contributed by atoms with Gasteiger partial charge in [-0.1, -0.05) is 45.7 Å². The number of rotatable bonds is 12. The molecule has 0 unspecified atom stereocenters. The first kappa shape index (κ1) is 27.5. The molecular formula is C26H36F3N3O2. The van der Waals surface area contributed by atoms with Crippen molar-refractivity contribution in [1.29, 1.82) is 0 Å². The Morgan fingerprint density at radius 3 is 2.38 bits per heavy atom. The molecule has 2 rings (SSSR count). The number of hydrogen-bond acceptors (Lipinski definition) is 2. The number of unbranched alkanes of at least 4 members (excludes halogenated alkanes) is 2. The van der Waals surface area contributed by atoms with Gasteiger partial charge in [0.05, 0.1) is 18.7 Å². The first-order valence-electron chi connectivity index (χ1n) is 11.9. The zero-order valence-corrected chi connectivity index (χ0v) is 20.6. The fraction of sp³-hybridized carbons (Fsp3) is 0.538. The van der Waals surface area contributed by atoms with Crippen LogP contribution >= 0.6 is 0 Å². The second-order valence-electron chi connectivity index (χ2n) is 8.86. The molecule has 0 saturated carbocycles. The quantitative estimate of drug-likeness (QED) is 0.373. The number of carbonyl (C=O) groups is 2. The molecule has 0 fully saturated rings. The van der Waals surface area contributed by atoms with Crippen molar-refractivity contribution < 1.29 is 22.8 Å². The van der Waals surface area contributed by atoms with Crippen molar-refractivity contribution in [2.75, 3.05) is 19.6 Å². The van der Waals surface area contributed by atoms with Gasteiger partial charge in [0, 0.05) is 37.4 Å². The SMILES string of the molecule is CCCCCN(Cc1cccn1Cc1cccc(C(F)(F)F)c1)C(=O)CN(CC)C(=O)C(C)C. The topological polar surface area (TPSA) is 45.6 Å². The molecule has 0 aliphatic carbocycles. The lowest BCUT2D eigenvalue weighted by molar-refractivity contribution is -0.142. The highest BCUT2D eigenvalue weighted by atomic mass is 19.4. The summed E-state index contributed by atoms with van der Waals surface area (Å²) in [6.07, 6.45) is 0.265. The molecule has 1 heterocycles. The Bertz CT molecular complexity index is 937. The van der Waals surface area contributed by atoms with Crippen LogP contribution in [0, 0.1) is 5.92 Å². The van der Waals surface area contributed by atoms with E-state index >= 15 is 0 Å². The first-order chi connectivity index (χ1) is 16.1. The summed E-state index contributed by atoms with van der Waals surface area (Å²) in [5, 5.41) is 0. The van der Waals surface area contributed by atoms with E-state index in [0.29, 0.717) is 25.2 Å². The largest absolute Gasteiger partial charge is 0.416 e. The van der Waals surface area contributed by atoms with Crippen LogP contribution in [0.15, 0.2) is 42.6 Å². The highest BCUT2D eigenvalue weighted by Crippen LogP contribution is 2.29. The lowest BCUT2D eigenvalue weighted by atomic mass is 10.1. The third-order valence-corrected chi connectivity index (χ3v) is 5.78. The minimum atomic E-state index is -4.39. The highest BCUT2D eigenvalue weighted by Gasteiger charge is 2.30. The summed E-state index contributed by atoms with van der Waals surface area (Å²) in [7, 11) is 0. The lowest BCUT2D eigenvalue weighted by Gasteiger charge is -2.28. The van der Waals surface area contributed by atoms with Gasteiger partial charge in [-0.05, 0) is 43.2 Å². The molecule has 0 aliphatic heterocycles. The number of halogens is 3. The van der Waals surface area contributed by atoms with Crippen LogP contribution in [0.2, 0.25) is 0 Å². The molecule has 0 N–H and O–H groups in total. The van der Waals surface area contributed by atoms with Gasteiger partial charge in [0.25, 0.3) is 0 Å². The van der Waals surface area contributed by atoms with Gasteiger partial charge in [0.2, 0.25) is 11.8 Å². The second-order valence-corrected chi connectivity index (χ2v) is 8.86. The van der Waals surface area contributed by atoms with Gasteiger partial charge in [-0.15, -0.1) is 0 Å². The molecule has 0 atom stereocenters. The van der Waals surface area contributed by atoms with Gasteiger partial charge in [-0.25, -0.2) is 0 Å². The van der Waals surface area contributed by atoms with E-state index in [9.17, 15) is 22.8 Å². The normalized spacial score (nSPS) is 11.6. The maximum absolute atomic E-state index is 13.2. The molecule has 5 nitrogen and oxygen atoms in total. The molecule has 34 heavy (non-hydrogen) atoms. The molecule has 0 saturated heterocycles. The van der Waals surface area contributed by atoms with Crippen LogP contribution in [0.3, 0.4) is 0 Å². The van der Waals surface area contributed by atoms with Crippen LogP contribution in [0.25, 0.3) is 0 Å². The zero-order valence-electron chi connectivity index (χ0n) is 20.6. The Morgan fingerprint density at radius 2 is 1.76 bits per heavy atom. The van der Waals surface area contributed by atoms with E-state index in [1.54, 1.807) is 15.9 Å². The fourth-order valence-corrected chi connectivity index (χ4v) is 3.80. The van der Waals surface area contributed by atoms with Crippen LogP contribution in [0.1, 0.15) is 63.8 Å².